The second-order valence-electron chi connectivity index (χ2n) is 4.31. The van der Waals surface area contributed by atoms with E-state index in [9.17, 15) is 17.6 Å². The van der Waals surface area contributed by atoms with Gasteiger partial charge in [-0.2, -0.15) is 0 Å². The number of fused-ring (bicyclic) bond motifs is 1. The normalized spacial score (nSPS) is 11.8. The van der Waals surface area contributed by atoms with Gasteiger partial charge in [-0.25, -0.2) is 17.6 Å². The van der Waals surface area contributed by atoms with Crippen LogP contribution >= 0.6 is 11.3 Å². The molecule has 0 amide bonds. The largest absolute Gasteiger partial charge is 0.395 e. The van der Waals surface area contributed by atoms with Crippen LogP contribution in [0.5, 0.6) is 0 Å². The van der Waals surface area contributed by atoms with Crippen molar-refractivity contribution < 1.29 is 22.7 Å². The molecule has 110 valence electrons. The summed E-state index contributed by atoms with van der Waals surface area (Å²) < 4.78 is 53.7. The molecule has 0 unspecified atom stereocenters. The van der Waals surface area contributed by atoms with E-state index in [1.165, 1.54) is 5.38 Å². The average molecular weight is 307 g/mol. The van der Waals surface area contributed by atoms with E-state index in [0.29, 0.717) is 18.7 Å². The van der Waals surface area contributed by atoms with Gasteiger partial charge in [0.25, 0.3) is 0 Å². The summed E-state index contributed by atoms with van der Waals surface area (Å²) in [6.45, 7) is 2.96. The fourth-order valence-electron chi connectivity index (χ4n) is 2.05. The van der Waals surface area contributed by atoms with Gasteiger partial charge in [0, 0.05) is 18.5 Å². The Kier molecular flexibility index (Phi) is 4.62. The molecule has 20 heavy (non-hydrogen) atoms. The highest BCUT2D eigenvalue weighted by molar-refractivity contribution is 7.17. The van der Waals surface area contributed by atoms with Crippen molar-refractivity contribution in [3.63, 3.8) is 0 Å². The van der Waals surface area contributed by atoms with E-state index in [4.69, 9.17) is 5.11 Å². The molecule has 0 radical (unpaired) electrons. The van der Waals surface area contributed by atoms with Gasteiger partial charge in [-0.3, -0.25) is 4.90 Å². The van der Waals surface area contributed by atoms with Crippen LogP contribution in [0.2, 0.25) is 0 Å². The van der Waals surface area contributed by atoms with E-state index in [1.54, 1.807) is 4.90 Å². The van der Waals surface area contributed by atoms with Gasteiger partial charge in [0.2, 0.25) is 0 Å². The Balaban J connectivity index is 2.51. The first-order chi connectivity index (χ1) is 9.51. The second kappa shape index (κ2) is 6.07. The van der Waals surface area contributed by atoms with Crippen LogP contribution in [0, 0.1) is 23.3 Å². The number of benzene rings is 1. The number of hydrogen-bond acceptors (Lipinski definition) is 3. The summed E-state index contributed by atoms with van der Waals surface area (Å²) in [5, 5.41) is 10.2. The fraction of sp³-hybridized carbons (Fsp3) is 0.385. The van der Waals surface area contributed by atoms with E-state index in [2.05, 4.69) is 0 Å². The molecule has 0 fully saturated rings. The van der Waals surface area contributed by atoms with E-state index < -0.39 is 23.3 Å². The number of aliphatic hydroxyl groups excluding tert-OH is 1. The number of rotatable bonds is 5. The lowest BCUT2D eigenvalue weighted by Gasteiger charge is -2.18. The molecule has 2 aromatic rings. The monoisotopic (exact) mass is 307 g/mol. The zero-order valence-electron chi connectivity index (χ0n) is 10.7. The van der Waals surface area contributed by atoms with Crippen LogP contribution in [0.3, 0.4) is 0 Å². The van der Waals surface area contributed by atoms with E-state index >= 15 is 0 Å². The van der Waals surface area contributed by atoms with Crippen molar-refractivity contribution in [2.24, 2.45) is 0 Å². The van der Waals surface area contributed by atoms with Crippen LogP contribution in [-0.2, 0) is 6.54 Å². The van der Waals surface area contributed by atoms with Crippen molar-refractivity contribution in [3.05, 3.63) is 34.2 Å². The van der Waals surface area contributed by atoms with Crippen LogP contribution in [-0.4, -0.2) is 29.7 Å². The van der Waals surface area contributed by atoms with Crippen LogP contribution in [0.1, 0.15) is 12.5 Å². The summed E-state index contributed by atoms with van der Waals surface area (Å²) in [6.07, 6.45) is 0. The maximum absolute atomic E-state index is 13.8. The molecular weight excluding hydrogens is 294 g/mol. The zero-order valence-corrected chi connectivity index (χ0v) is 11.5. The molecule has 0 aliphatic rings. The Bertz CT molecular complexity index is 629. The van der Waals surface area contributed by atoms with Crippen molar-refractivity contribution in [3.8, 4) is 0 Å². The molecule has 0 bridgehead atoms. The predicted molar refractivity (Wildman–Crippen MR) is 69.7 cm³/mol. The van der Waals surface area contributed by atoms with Gasteiger partial charge in [0.15, 0.2) is 23.3 Å². The van der Waals surface area contributed by atoms with Crippen molar-refractivity contribution in [2.45, 2.75) is 13.5 Å². The third-order valence-corrected chi connectivity index (χ3v) is 4.14. The predicted octanol–water partition coefficient (Wildman–Crippen LogP) is 3.27. The molecule has 1 heterocycles. The van der Waals surface area contributed by atoms with Crippen LogP contribution < -0.4 is 0 Å². The molecule has 1 N–H and O–H groups in total. The first-order valence-electron chi connectivity index (χ1n) is 6.06. The van der Waals surface area contributed by atoms with Crippen molar-refractivity contribution in [1.29, 1.82) is 0 Å². The minimum absolute atomic E-state index is 0.0737. The molecule has 7 heteroatoms. The standard InChI is InChI=1S/C13H13F4NOS/c1-2-18(3-4-19)5-7-6-20-13-8(7)9(14)10(15)11(16)12(13)17/h6,19H,2-5H2,1H3. The molecule has 0 aliphatic heterocycles. The third kappa shape index (κ3) is 2.53. The van der Waals surface area contributed by atoms with Crippen molar-refractivity contribution in [2.75, 3.05) is 19.7 Å². The second-order valence-corrected chi connectivity index (χ2v) is 5.19. The van der Waals surface area contributed by atoms with Crippen molar-refractivity contribution >= 4 is 21.4 Å². The number of thiophene rings is 1. The number of aliphatic hydroxyl groups is 1. The minimum Gasteiger partial charge on any atom is -0.395 e. The molecule has 0 atom stereocenters. The maximum atomic E-state index is 13.8. The van der Waals surface area contributed by atoms with E-state index in [-0.39, 0.29) is 23.2 Å². The summed E-state index contributed by atoms with van der Waals surface area (Å²) in [7, 11) is 0. The molecule has 0 spiro atoms. The molecule has 2 rings (SSSR count). The van der Waals surface area contributed by atoms with Gasteiger partial charge in [-0.15, -0.1) is 11.3 Å². The number of halogens is 4. The SMILES string of the molecule is CCN(CCO)Cc1csc2c(F)c(F)c(F)c(F)c12. The van der Waals surface area contributed by atoms with Gasteiger partial charge in [-0.1, -0.05) is 6.92 Å². The molecular formula is C13H13F4NOS. The first kappa shape index (κ1) is 15.2. The Hall–Kier alpha value is -1.18. The van der Waals surface area contributed by atoms with Crippen LogP contribution in [0.15, 0.2) is 5.38 Å². The lowest BCUT2D eigenvalue weighted by Crippen LogP contribution is -2.26. The summed E-state index contributed by atoms with van der Waals surface area (Å²) in [5.74, 6) is -6.30. The van der Waals surface area contributed by atoms with Gasteiger partial charge in [0.05, 0.1) is 11.3 Å². The topological polar surface area (TPSA) is 23.5 Å². The molecule has 1 aromatic heterocycles. The highest BCUT2D eigenvalue weighted by Crippen LogP contribution is 2.34. The smallest absolute Gasteiger partial charge is 0.198 e. The number of hydrogen-bond donors (Lipinski definition) is 1. The summed E-state index contributed by atoms with van der Waals surface area (Å²) >= 11 is 0.837. The lowest BCUT2D eigenvalue weighted by molar-refractivity contribution is 0.197. The number of nitrogens with zero attached hydrogens (tertiary/aromatic N) is 1. The first-order valence-corrected chi connectivity index (χ1v) is 6.94. The van der Waals surface area contributed by atoms with E-state index in [0.717, 1.165) is 11.3 Å². The van der Waals surface area contributed by atoms with Gasteiger partial charge in [0.1, 0.15) is 0 Å². The highest BCUT2D eigenvalue weighted by Gasteiger charge is 2.24. The van der Waals surface area contributed by atoms with Gasteiger partial charge >= 0.3 is 0 Å². The Morgan fingerprint density at radius 3 is 2.35 bits per heavy atom. The third-order valence-electron chi connectivity index (χ3n) is 3.12. The van der Waals surface area contributed by atoms with Crippen LogP contribution in [0.4, 0.5) is 17.6 Å². The Morgan fingerprint density at radius 2 is 1.75 bits per heavy atom. The molecule has 2 nitrogen and oxygen atoms in total. The highest BCUT2D eigenvalue weighted by atomic mass is 32.1. The van der Waals surface area contributed by atoms with E-state index in [1.807, 2.05) is 6.92 Å². The number of likely N-dealkylation sites (N-methyl/N-ethyl adjacent to an activating group) is 1. The summed E-state index contributed by atoms with van der Waals surface area (Å²) in [4.78, 5) is 1.79. The van der Waals surface area contributed by atoms with Crippen LogP contribution in [0.25, 0.3) is 10.1 Å². The Morgan fingerprint density at radius 1 is 1.10 bits per heavy atom. The molecule has 0 saturated carbocycles. The quantitative estimate of drug-likeness (QED) is 0.520. The summed E-state index contributed by atoms with van der Waals surface area (Å²) in [6, 6.07) is 0. The summed E-state index contributed by atoms with van der Waals surface area (Å²) in [5.41, 5.74) is 0.385. The fourth-order valence-corrected chi connectivity index (χ4v) is 3.03. The molecule has 0 saturated heterocycles. The zero-order chi connectivity index (χ0) is 14.9. The minimum atomic E-state index is -1.79. The molecule has 1 aromatic carbocycles. The Labute approximate surface area is 117 Å². The average Bonchev–Trinajstić information content (AvgIpc) is 2.86. The lowest BCUT2D eigenvalue weighted by atomic mass is 10.1. The van der Waals surface area contributed by atoms with Crippen molar-refractivity contribution in [1.82, 2.24) is 4.90 Å². The molecule has 0 aliphatic carbocycles. The van der Waals surface area contributed by atoms with Gasteiger partial charge < -0.3 is 5.11 Å². The maximum Gasteiger partial charge on any atom is 0.198 e. The van der Waals surface area contributed by atoms with Gasteiger partial charge in [-0.05, 0) is 17.5 Å².